The van der Waals surface area contributed by atoms with Gasteiger partial charge in [-0.1, -0.05) is 12.1 Å². The molecule has 1 aromatic carbocycles. The van der Waals surface area contributed by atoms with E-state index < -0.39 is 43.6 Å². The second-order valence-electron chi connectivity index (χ2n) is 4.83. The van der Waals surface area contributed by atoms with E-state index in [-0.39, 0.29) is 5.56 Å². The third kappa shape index (κ3) is 5.45. The number of carbonyl (C=O) groups is 1. The summed E-state index contributed by atoms with van der Waals surface area (Å²) >= 11 is 0. The van der Waals surface area contributed by atoms with E-state index >= 15 is 0 Å². The van der Waals surface area contributed by atoms with Crippen molar-refractivity contribution in [1.82, 2.24) is 0 Å². The lowest BCUT2D eigenvalue weighted by Crippen LogP contribution is -2.47. The Labute approximate surface area is 133 Å². The Kier molecular flexibility index (Phi) is 7.93. The van der Waals surface area contributed by atoms with E-state index in [2.05, 4.69) is 0 Å². The molecule has 1 rings (SSSR count). The van der Waals surface area contributed by atoms with Crippen molar-refractivity contribution < 1.29 is 39.8 Å². The van der Waals surface area contributed by atoms with E-state index in [9.17, 15) is 25.2 Å². The number of hydrogen-bond acceptors (Lipinski definition) is 8. The van der Waals surface area contributed by atoms with Gasteiger partial charge in [-0.25, -0.2) is 4.79 Å². The van der Waals surface area contributed by atoms with E-state index in [4.69, 9.17) is 14.6 Å². The predicted molar refractivity (Wildman–Crippen MR) is 79.0 cm³/mol. The minimum atomic E-state index is -1.79. The molecular weight excluding hydrogens is 308 g/mol. The van der Waals surface area contributed by atoms with Gasteiger partial charge in [-0.2, -0.15) is 0 Å². The van der Waals surface area contributed by atoms with Crippen molar-refractivity contribution in [2.75, 3.05) is 19.8 Å². The highest BCUT2D eigenvalue weighted by atomic mass is 16.5. The third-order valence-corrected chi connectivity index (χ3v) is 3.12. The fraction of sp³-hybridized carbons (Fsp3) is 0.533. The maximum atomic E-state index is 12.0. The van der Waals surface area contributed by atoms with Crippen LogP contribution in [0.3, 0.4) is 0 Å². The van der Waals surface area contributed by atoms with Crippen LogP contribution in [0.25, 0.3) is 0 Å². The summed E-state index contributed by atoms with van der Waals surface area (Å²) in [6.07, 6.45) is -6.81. The summed E-state index contributed by atoms with van der Waals surface area (Å²) in [7, 11) is 0. The SMILES string of the molecule is CCOc1ccccc1C(=O)OC[C@H](O)[C@@H](O)[C@H](O)[C@H](O)CO. The van der Waals surface area contributed by atoms with Crippen LogP contribution in [0.5, 0.6) is 5.75 Å². The molecule has 8 nitrogen and oxygen atoms in total. The van der Waals surface area contributed by atoms with Gasteiger partial charge in [0, 0.05) is 0 Å². The summed E-state index contributed by atoms with van der Waals surface area (Å²) in [5, 5.41) is 46.7. The van der Waals surface area contributed by atoms with Gasteiger partial charge < -0.3 is 35.0 Å². The summed E-state index contributed by atoms with van der Waals surface area (Å²) in [6, 6.07) is 6.38. The minimum Gasteiger partial charge on any atom is -0.493 e. The molecule has 4 atom stereocenters. The van der Waals surface area contributed by atoms with Gasteiger partial charge in [0.25, 0.3) is 0 Å². The summed E-state index contributed by atoms with van der Waals surface area (Å²) in [4.78, 5) is 12.0. The molecule has 0 aliphatic rings. The summed E-state index contributed by atoms with van der Waals surface area (Å²) in [5.41, 5.74) is 0.159. The number of aliphatic hydroxyl groups is 5. The van der Waals surface area contributed by atoms with E-state index in [1.54, 1.807) is 25.1 Å². The number of rotatable bonds is 9. The Morgan fingerprint density at radius 1 is 1.09 bits per heavy atom. The molecule has 0 saturated heterocycles. The van der Waals surface area contributed by atoms with Crippen LogP contribution >= 0.6 is 0 Å². The number of esters is 1. The van der Waals surface area contributed by atoms with Crippen molar-refractivity contribution in [2.24, 2.45) is 0 Å². The van der Waals surface area contributed by atoms with Gasteiger partial charge in [-0.15, -0.1) is 0 Å². The highest BCUT2D eigenvalue weighted by molar-refractivity contribution is 5.92. The highest BCUT2D eigenvalue weighted by Crippen LogP contribution is 2.19. The average Bonchev–Trinajstić information content (AvgIpc) is 2.58. The van der Waals surface area contributed by atoms with Crippen LogP contribution in [-0.4, -0.2) is 75.7 Å². The Morgan fingerprint density at radius 2 is 1.70 bits per heavy atom. The van der Waals surface area contributed by atoms with Crippen LogP contribution < -0.4 is 4.74 Å². The standard InChI is InChI=1S/C15H22O8/c1-2-22-12-6-4-3-5-9(12)15(21)23-8-11(18)14(20)13(19)10(17)7-16/h3-6,10-11,13-14,16-20H,2,7-8H2,1H3/t10-,11+,13-,14-/m1/s1. The molecule has 0 radical (unpaired) electrons. The first-order chi connectivity index (χ1) is 10.9. The Bertz CT molecular complexity index is 492. The number of hydrogen-bond donors (Lipinski definition) is 5. The zero-order chi connectivity index (χ0) is 17.4. The lowest BCUT2D eigenvalue weighted by Gasteiger charge is -2.25. The van der Waals surface area contributed by atoms with Crippen molar-refractivity contribution in [3.63, 3.8) is 0 Å². The largest absolute Gasteiger partial charge is 0.493 e. The minimum absolute atomic E-state index is 0.159. The normalized spacial score (nSPS) is 16.3. The van der Waals surface area contributed by atoms with Gasteiger partial charge in [0.05, 0.1) is 13.2 Å². The van der Waals surface area contributed by atoms with Crippen LogP contribution in [0.4, 0.5) is 0 Å². The Morgan fingerprint density at radius 3 is 2.30 bits per heavy atom. The smallest absolute Gasteiger partial charge is 0.342 e. The number of ether oxygens (including phenoxy) is 2. The lowest BCUT2D eigenvalue weighted by atomic mass is 10.0. The lowest BCUT2D eigenvalue weighted by molar-refractivity contribution is -0.124. The fourth-order valence-corrected chi connectivity index (χ4v) is 1.82. The summed E-state index contributed by atoms with van der Waals surface area (Å²) in [6.45, 7) is 0.731. The molecule has 0 aliphatic heterocycles. The van der Waals surface area contributed by atoms with Gasteiger partial charge in [-0.05, 0) is 19.1 Å². The molecule has 0 amide bonds. The average molecular weight is 330 g/mol. The van der Waals surface area contributed by atoms with Crippen molar-refractivity contribution in [2.45, 2.75) is 31.3 Å². The fourth-order valence-electron chi connectivity index (χ4n) is 1.82. The van der Waals surface area contributed by atoms with Crippen molar-refractivity contribution >= 4 is 5.97 Å². The topological polar surface area (TPSA) is 137 Å². The molecular formula is C15H22O8. The molecule has 8 heteroatoms. The molecule has 130 valence electrons. The molecule has 0 fully saturated rings. The molecule has 0 aromatic heterocycles. The zero-order valence-corrected chi connectivity index (χ0v) is 12.7. The number of carbonyl (C=O) groups excluding carboxylic acids is 1. The van der Waals surface area contributed by atoms with E-state index in [0.29, 0.717) is 12.4 Å². The third-order valence-electron chi connectivity index (χ3n) is 3.12. The maximum absolute atomic E-state index is 12.0. The highest BCUT2D eigenvalue weighted by Gasteiger charge is 2.31. The van der Waals surface area contributed by atoms with E-state index in [1.165, 1.54) is 6.07 Å². The van der Waals surface area contributed by atoms with Crippen LogP contribution in [0.15, 0.2) is 24.3 Å². The van der Waals surface area contributed by atoms with Crippen LogP contribution in [0, 0.1) is 0 Å². The summed E-state index contributed by atoms with van der Waals surface area (Å²) < 4.78 is 10.2. The zero-order valence-electron chi connectivity index (χ0n) is 12.7. The predicted octanol–water partition coefficient (Wildman–Crippen LogP) is -1.32. The first-order valence-electron chi connectivity index (χ1n) is 7.14. The van der Waals surface area contributed by atoms with Crippen molar-refractivity contribution in [3.05, 3.63) is 29.8 Å². The Balaban J connectivity index is 2.62. The quantitative estimate of drug-likeness (QED) is 0.352. The van der Waals surface area contributed by atoms with Crippen LogP contribution in [0.2, 0.25) is 0 Å². The molecule has 23 heavy (non-hydrogen) atoms. The van der Waals surface area contributed by atoms with Gasteiger partial charge in [0.2, 0.25) is 0 Å². The molecule has 0 aliphatic carbocycles. The van der Waals surface area contributed by atoms with E-state index in [1.807, 2.05) is 0 Å². The van der Waals surface area contributed by atoms with E-state index in [0.717, 1.165) is 0 Å². The van der Waals surface area contributed by atoms with Gasteiger partial charge in [0.1, 0.15) is 42.3 Å². The van der Waals surface area contributed by atoms with Gasteiger partial charge in [-0.3, -0.25) is 0 Å². The monoisotopic (exact) mass is 330 g/mol. The summed E-state index contributed by atoms with van der Waals surface area (Å²) in [5.74, 6) is -0.441. The van der Waals surface area contributed by atoms with Crippen molar-refractivity contribution in [1.29, 1.82) is 0 Å². The molecule has 0 unspecified atom stereocenters. The second-order valence-corrected chi connectivity index (χ2v) is 4.83. The molecule has 0 spiro atoms. The first kappa shape index (κ1) is 19.3. The van der Waals surface area contributed by atoms with Gasteiger partial charge in [0.15, 0.2) is 0 Å². The van der Waals surface area contributed by atoms with Crippen LogP contribution in [0.1, 0.15) is 17.3 Å². The molecule has 0 bridgehead atoms. The number of aliphatic hydroxyl groups excluding tert-OH is 5. The van der Waals surface area contributed by atoms with Crippen LogP contribution in [-0.2, 0) is 4.74 Å². The molecule has 5 N–H and O–H groups in total. The molecule has 0 saturated carbocycles. The Hall–Kier alpha value is -1.71. The number of para-hydroxylation sites is 1. The van der Waals surface area contributed by atoms with Crippen molar-refractivity contribution in [3.8, 4) is 5.75 Å². The first-order valence-corrected chi connectivity index (χ1v) is 7.14. The van der Waals surface area contributed by atoms with Gasteiger partial charge >= 0.3 is 5.97 Å². The number of benzene rings is 1. The molecule has 1 aromatic rings. The maximum Gasteiger partial charge on any atom is 0.342 e. The molecule has 0 heterocycles. The second kappa shape index (κ2) is 9.43.